The standard InChI is InChI=1S/C19H22O5/c1-10-7-14(23-17(10)20)22-9-13-12-8-11-5-4-6-19(2,3)15(11)16(12)24-18(13)21/h7,9,12,14,16H,4-6,8H2,1-3H3/b13-9+/t12-,14+,16+/m0/s1. The molecule has 0 aromatic rings. The van der Waals surface area contributed by atoms with Crippen LogP contribution < -0.4 is 0 Å². The van der Waals surface area contributed by atoms with Gasteiger partial charge in [0.15, 0.2) is 0 Å². The van der Waals surface area contributed by atoms with Crippen molar-refractivity contribution in [1.82, 2.24) is 0 Å². The lowest BCUT2D eigenvalue weighted by Crippen LogP contribution is -2.27. The molecule has 2 aliphatic heterocycles. The van der Waals surface area contributed by atoms with Gasteiger partial charge >= 0.3 is 11.9 Å². The first kappa shape index (κ1) is 15.5. The number of ether oxygens (including phenoxy) is 3. The zero-order chi connectivity index (χ0) is 17.1. The van der Waals surface area contributed by atoms with E-state index in [0.29, 0.717) is 11.1 Å². The van der Waals surface area contributed by atoms with Gasteiger partial charge in [0.2, 0.25) is 0 Å². The van der Waals surface area contributed by atoms with Crippen molar-refractivity contribution in [1.29, 1.82) is 0 Å². The average Bonchev–Trinajstić information content (AvgIpc) is 3.10. The first-order chi connectivity index (χ1) is 11.4. The van der Waals surface area contributed by atoms with Crippen LogP contribution in [0, 0.1) is 11.3 Å². The Morgan fingerprint density at radius 2 is 2.04 bits per heavy atom. The van der Waals surface area contributed by atoms with Crippen LogP contribution in [0.15, 0.2) is 34.6 Å². The molecule has 128 valence electrons. The van der Waals surface area contributed by atoms with Crippen molar-refractivity contribution in [3.05, 3.63) is 34.6 Å². The molecular formula is C19H22O5. The minimum Gasteiger partial charge on any atom is -0.458 e. The highest BCUT2D eigenvalue weighted by molar-refractivity contribution is 5.92. The normalized spacial score (nSPS) is 35.5. The van der Waals surface area contributed by atoms with Crippen LogP contribution in [0.4, 0.5) is 0 Å². The fourth-order valence-electron chi connectivity index (χ4n) is 4.46. The van der Waals surface area contributed by atoms with Gasteiger partial charge < -0.3 is 14.2 Å². The molecule has 0 amide bonds. The summed E-state index contributed by atoms with van der Waals surface area (Å²) in [7, 11) is 0. The summed E-state index contributed by atoms with van der Waals surface area (Å²) in [6.07, 6.45) is 6.42. The molecular weight excluding hydrogens is 308 g/mol. The van der Waals surface area contributed by atoms with Crippen molar-refractivity contribution in [3.8, 4) is 0 Å². The highest BCUT2D eigenvalue weighted by atomic mass is 16.7. The summed E-state index contributed by atoms with van der Waals surface area (Å²) in [6.45, 7) is 6.15. The summed E-state index contributed by atoms with van der Waals surface area (Å²) in [5.41, 5.74) is 3.93. The smallest absolute Gasteiger partial charge is 0.338 e. The fourth-order valence-corrected chi connectivity index (χ4v) is 4.46. The molecule has 3 atom stereocenters. The zero-order valence-corrected chi connectivity index (χ0v) is 14.3. The highest BCUT2D eigenvalue weighted by Crippen LogP contribution is 2.54. The molecule has 0 bridgehead atoms. The number of fused-ring (bicyclic) bond motifs is 2. The third kappa shape index (κ3) is 2.29. The number of carbonyl (C=O) groups excluding carboxylic acids is 2. The minimum atomic E-state index is -0.753. The van der Waals surface area contributed by atoms with Crippen molar-refractivity contribution in [2.45, 2.75) is 58.8 Å². The Bertz CT molecular complexity index is 709. The molecule has 5 nitrogen and oxygen atoms in total. The number of allylic oxidation sites excluding steroid dienone is 1. The summed E-state index contributed by atoms with van der Waals surface area (Å²) >= 11 is 0. The number of carbonyl (C=O) groups is 2. The van der Waals surface area contributed by atoms with Gasteiger partial charge in [0, 0.05) is 17.6 Å². The Morgan fingerprint density at radius 3 is 2.75 bits per heavy atom. The van der Waals surface area contributed by atoms with E-state index >= 15 is 0 Å². The zero-order valence-electron chi connectivity index (χ0n) is 14.3. The van der Waals surface area contributed by atoms with E-state index in [2.05, 4.69) is 13.8 Å². The minimum absolute atomic E-state index is 0.0297. The van der Waals surface area contributed by atoms with Gasteiger partial charge in [-0.1, -0.05) is 19.4 Å². The van der Waals surface area contributed by atoms with Gasteiger partial charge in [-0.2, -0.15) is 0 Å². The third-order valence-electron chi connectivity index (χ3n) is 5.64. The first-order valence-corrected chi connectivity index (χ1v) is 8.55. The SMILES string of the molecule is CC1=C[C@H](O/C=C2/C(=O)O[C@H]3C4=C(CCCC4(C)C)C[C@@H]23)OC1=O. The lowest BCUT2D eigenvalue weighted by Gasteiger charge is -2.34. The molecule has 0 spiro atoms. The van der Waals surface area contributed by atoms with Gasteiger partial charge in [0.05, 0.1) is 11.8 Å². The molecule has 0 unspecified atom stereocenters. The topological polar surface area (TPSA) is 61.8 Å². The van der Waals surface area contributed by atoms with Crippen LogP contribution >= 0.6 is 0 Å². The predicted molar refractivity (Wildman–Crippen MR) is 85.5 cm³/mol. The second-order valence-electron chi connectivity index (χ2n) is 7.72. The van der Waals surface area contributed by atoms with Gasteiger partial charge in [-0.3, -0.25) is 0 Å². The molecule has 2 heterocycles. The average molecular weight is 330 g/mol. The van der Waals surface area contributed by atoms with E-state index in [1.54, 1.807) is 13.0 Å². The lowest BCUT2D eigenvalue weighted by molar-refractivity contribution is -0.152. The Morgan fingerprint density at radius 1 is 1.25 bits per heavy atom. The molecule has 0 N–H and O–H groups in total. The van der Waals surface area contributed by atoms with Crippen LogP contribution in [0.1, 0.15) is 46.5 Å². The monoisotopic (exact) mass is 330 g/mol. The van der Waals surface area contributed by atoms with Crippen LogP contribution in [0.25, 0.3) is 0 Å². The molecule has 5 heteroatoms. The summed E-state index contributed by atoms with van der Waals surface area (Å²) in [5.74, 6) is -0.671. The Kier molecular flexibility index (Phi) is 3.37. The van der Waals surface area contributed by atoms with Gasteiger partial charge in [0.25, 0.3) is 6.29 Å². The van der Waals surface area contributed by atoms with E-state index in [0.717, 1.165) is 19.3 Å². The number of rotatable bonds is 2. The van der Waals surface area contributed by atoms with E-state index in [1.165, 1.54) is 23.8 Å². The molecule has 0 saturated carbocycles. The van der Waals surface area contributed by atoms with E-state index in [-0.39, 0.29) is 29.4 Å². The van der Waals surface area contributed by atoms with E-state index in [1.807, 2.05) is 0 Å². The molecule has 1 fully saturated rings. The Balaban J connectivity index is 1.55. The molecule has 0 aromatic carbocycles. The Labute approximate surface area is 141 Å². The molecule has 2 aliphatic carbocycles. The molecule has 1 saturated heterocycles. The number of hydrogen-bond donors (Lipinski definition) is 0. The van der Waals surface area contributed by atoms with E-state index in [4.69, 9.17) is 14.2 Å². The van der Waals surface area contributed by atoms with Crippen molar-refractivity contribution in [2.24, 2.45) is 11.3 Å². The molecule has 0 radical (unpaired) electrons. The number of hydrogen-bond acceptors (Lipinski definition) is 5. The number of cyclic esters (lactones) is 1. The van der Waals surface area contributed by atoms with Crippen LogP contribution in [0.5, 0.6) is 0 Å². The van der Waals surface area contributed by atoms with Crippen LogP contribution in [-0.2, 0) is 23.8 Å². The number of esters is 2. The van der Waals surface area contributed by atoms with Gasteiger partial charge in [-0.25, -0.2) is 9.59 Å². The van der Waals surface area contributed by atoms with Crippen LogP contribution in [-0.4, -0.2) is 24.3 Å². The molecule has 24 heavy (non-hydrogen) atoms. The third-order valence-corrected chi connectivity index (χ3v) is 5.64. The molecule has 4 rings (SSSR count). The second-order valence-corrected chi connectivity index (χ2v) is 7.72. The fraction of sp³-hybridized carbons (Fsp3) is 0.579. The molecule has 0 aromatic heterocycles. The van der Waals surface area contributed by atoms with Crippen LogP contribution in [0.3, 0.4) is 0 Å². The summed E-state index contributed by atoms with van der Waals surface area (Å²) in [6, 6.07) is 0. The summed E-state index contributed by atoms with van der Waals surface area (Å²) in [4.78, 5) is 23.7. The van der Waals surface area contributed by atoms with Gasteiger partial charge in [-0.05, 0) is 43.6 Å². The quantitative estimate of drug-likeness (QED) is 0.337. The van der Waals surface area contributed by atoms with E-state index in [9.17, 15) is 9.59 Å². The van der Waals surface area contributed by atoms with E-state index < -0.39 is 6.29 Å². The first-order valence-electron chi connectivity index (χ1n) is 8.55. The summed E-state index contributed by atoms with van der Waals surface area (Å²) in [5, 5.41) is 0. The van der Waals surface area contributed by atoms with Gasteiger partial charge in [-0.15, -0.1) is 0 Å². The van der Waals surface area contributed by atoms with Crippen molar-refractivity contribution in [3.63, 3.8) is 0 Å². The lowest BCUT2D eigenvalue weighted by atomic mass is 9.72. The maximum Gasteiger partial charge on any atom is 0.338 e. The molecule has 4 aliphatic rings. The largest absolute Gasteiger partial charge is 0.458 e. The van der Waals surface area contributed by atoms with Crippen molar-refractivity contribution >= 4 is 11.9 Å². The second kappa shape index (κ2) is 5.23. The van der Waals surface area contributed by atoms with Crippen molar-refractivity contribution in [2.75, 3.05) is 0 Å². The maximum absolute atomic E-state index is 12.3. The van der Waals surface area contributed by atoms with Crippen LogP contribution in [0.2, 0.25) is 0 Å². The Hall–Kier alpha value is -2.04. The van der Waals surface area contributed by atoms with Crippen molar-refractivity contribution < 1.29 is 23.8 Å². The van der Waals surface area contributed by atoms with Gasteiger partial charge in [0.1, 0.15) is 6.10 Å². The predicted octanol–water partition coefficient (Wildman–Crippen LogP) is 3.17. The summed E-state index contributed by atoms with van der Waals surface area (Å²) < 4.78 is 16.2. The maximum atomic E-state index is 12.3. The highest BCUT2D eigenvalue weighted by Gasteiger charge is 2.52.